The van der Waals surface area contributed by atoms with E-state index in [-0.39, 0.29) is 0 Å². The Morgan fingerprint density at radius 1 is 1.20 bits per heavy atom. The van der Waals surface area contributed by atoms with E-state index in [1.807, 2.05) is 20.8 Å². The second kappa shape index (κ2) is 8.28. The Morgan fingerprint density at radius 2 is 1.60 bits per heavy atom. The summed E-state index contributed by atoms with van der Waals surface area (Å²) in [6, 6.07) is 0. The van der Waals surface area contributed by atoms with Gasteiger partial charge in [0.15, 0.2) is 0 Å². The molecule has 10 heavy (non-hydrogen) atoms. The SMILES string of the molecule is C=CNC(C)=C(C)C.CC. The van der Waals surface area contributed by atoms with Crippen LogP contribution in [0.2, 0.25) is 0 Å². The number of nitrogens with one attached hydrogen (secondary N) is 1. The fraction of sp³-hybridized carbons (Fsp3) is 0.556. The molecule has 0 saturated carbocycles. The van der Waals surface area contributed by atoms with Gasteiger partial charge in [0.2, 0.25) is 0 Å². The van der Waals surface area contributed by atoms with Crippen LogP contribution in [0.3, 0.4) is 0 Å². The van der Waals surface area contributed by atoms with E-state index in [0.29, 0.717) is 0 Å². The first-order valence-corrected chi connectivity index (χ1v) is 3.70. The van der Waals surface area contributed by atoms with E-state index in [0.717, 1.165) is 0 Å². The quantitative estimate of drug-likeness (QED) is 0.623. The molecule has 0 aliphatic carbocycles. The smallest absolute Gasteiger partial charge is 0.0101 e. The highest BCUT2D eigenvalue weighted by atomic mass is 14.8. The van der Waals surface area contributed by atoms with Gasteiger partial charge in [-0.2, -0.15) is 0 Å². The van der Waals surface area contributed by atoms with Crippen LogP contribution in [0.5, 0.6) is 0 Å². The molecule has 0 spiro atoms. The van der Waals surface area contributed by atoms with Crippen LogP contribution in [0.15, 0.2) is 24.0 Å². The predicted octanol–water partition coefficient (Wildman–Crippen LogP) is 3.06. The lowest BCUT2D eigenvalue weighted by atomic mass is 10.3. The van der Waals surface area contributed by atoms with Gasteiger partial charge in [-0.05, 0) is 27.0 Å². The van der Waals surface area contributed by atoms with Crippen molar-refractivity contribution in [2.24, 2.45) is 0 Å². The molecule has 1 N–H and O–H groups in total. The van der Waals surface area contributed by atoms with E-state index in [4.69, 9.17) is 0 Å². The molecular weight excluding hydrogens is 122 g/mol. The molecule has 0 heterocycles. The van der Waals surface area contributed by atoms with Gasteiger partial charge in [-0.25, -0.2) is 0 Å². The van der Waals surface area contributed by atoms with Crippen molar-refractivity contribution in [3.05, 3.63) is 24.0 Å². The Bertz CT molecular complexity index is 108. The molecule has 0 aromatic rings. The summed E-state index contributed by atoms with van der Waals surface area (Å²) in [5, 5.41) is 2.99. The molecule has 0 bridgehead atoms. The first-order valence-electron chi connectivity index (χ1n) is 3.70. The van der Waals surface area contributed by atoms with Crippen molar-refractivity contribution in [2.45, 2.75) is 34.6 Å². The lowest BCUT2D eigenvalue weighted by molar-refractivity contribution is 1.02. The van der Waals surface area contributed by atoms with Crippen molar-refractivity contribution in [3.8, 4) is 0 Å². The molecule has 0 aliphatic rings. The number of hydrogen-bond donors (Lipinski definition) is 1. The van der Waals surface area contributed by atoms with Crippen LogP contribution < -0.4 is 5.32 Å². The summed E-state index contributed by atoms with van der Waals surface area (Å²) in [5.41, 5.74) is 2.48. The van der Waals surface area contributed by atoms with Crippen LogP contribution in [0.4, 0.5) is 0 Å². The molecule has 0 aromatic heterocycles. The zero-order valence-electron chi connectivity index (χ0n) is 7.78. The van der Waals surface area contributed by atoms with E-state index in [9.17, 15) is 0 Å². The summed E-state index contributed by atoms with van der Waals surface area (Å²) in [7, 11) is 0. The second-order valence-corrected chi connectivity index (χ2v) is 1.97. The fourth-order valence-electron chi connectivity index (χ4n) is 0.297. The lowest BCUT2D eigenvalue weighted by Crippen LogP contribution is -2.00. The van der Waals surface area contributed by atoms with Crippen LogP contribution in [0, 0.1) is 0 Å². The molecule has 0 fully saturated rings. The molecule has 1 nitrogen and oxygen atoms in total. The summed E-state index contributed by atoms with van der Waals surface area (Å²) >= 11 is 0. The van der Waals surface area contributed by atoms with Crippen molar-refractivity contribution in [1.29, 1.82) is 0 Å². The summed E-state index contributed by atoms with van der Waals surface area (Å²) in [6.07, 6.45) is 1.68. The molecular formula is C9H19N. The highest BCUT2D eigenvalue weighted by Crippen LogP contribution is 1.95. The van der Waals surface area contributed by atoms with Crippen LogP contribution in [0.1, 0.15) is 34.6 Å². The van der Waals surface area contributed by atoms with E-state index in [2.05, 4.69) is 25.7 Å². The molecule has 0 amide bonds. The summed E-state index contributed by atoms with van der Waals surface area (Å²) < 4.78 is 0. The predicted molar refractivity (Wildman–Crippen MR) is 48.7 cm³/mol. The van der Waals surface area contributed by atoms with Gasteiger partial charge in [0.25, 0.3) is 0 Å². The summed E-state index contributed by atoms with van der Waals surface area (Å²) in [6.45, 7) is 13.7. The fourth-order valence-corrected chi connectivity index (χ4v) is 0.297. The van der Waals surface area contributed by atoms with Gasteiger partial charge in [0.05, 0.1) is 0 Å². The van der Waals surface area contributed by atoms with Crippen LogP contribution in [0.25, 0.3) is 0 Å². The molecule has 0 saturated heterocycles. The Kier molecular flexibility index (Phi) is 9.94. The Morgan fingerprint density at radius 3 is 1.70 bits per heavy atom. The Balaban J connectivity index is 0. The topological polar surface area (TPSA) is 12.0 Å². The Labute approximate surface area is 64.8 Å². The van der Waals surface area contributed by atoms with Crippen molar-refractivity contribution in [3.63, 3.8) is 0 Å². The highest BCUT2D eigenvalue weighted by molar-refractivity contribution is 5.06. The third kappa shape index (κ3) is 7.28. The normalized spacial score (nSPS) is 6.90. The third-order valence-corrected chi connectivity index (χ3v) is 1.07. The average Bonchev–Trinajstić information content (AvgIpc) is 1.93. The lowest BCUT2D eigenvalue weighted by Gasteiger charge is -1.99. The molecule has 0 unspecified atom stereocenters. The molecule has 0 radical (unpaired) electrons. The van der Waals surface area contributed by atoms with Crippen LogP contribution in [-0.4, -0.2) is 0 Å². The van der Waals surface area contributed by atoms with Gasteiger partial charge in [0, 0.05) is 5.70 Å². The van der Waals surface area contributed by atoms with Crippen molar-refractivity contribution in [1.82, 2.24) is 5.32 Å². The van der Waals surface area contributed by atoms with Gasteiger partial charge < -0.3 is 5.32 Å². The van der Waals surface area contributed by atoms with Gasteiger partial charge in [-0.3, -0.25) is 0 Å². The van der Waals surface area contributed by atoms with Crippen LogP contribution in [-0.2, 0) is 0 Å². The van der Waals surface area contributed by atoms with Crippen molar-refractivity contribution >= 4 is 0 Å². The standard InChI is InChI=1S/C7H13N.C2H6/c1-5-8-7(4)6(2)3;1-2/h5,8H,1H2,2-4H3;1-2H3. The van der Waals surface area contributed by atoms with E-state index >= 15 is 0 Å². The first-order chi connectivity index (χ1) is 4.68. The molecule has 60 valence electrons. The third-order valence-electron chi connectivity index (χ3n) is 1.07. The second-order valence-electron chi connectivity index (χ2n) is 1.97. The Hall–Kier alpha value is -0.720. The molecule has 1 heteroatoms. The van der Waals surface area contributed by atoms with Gasteiger partial charge in [-0.15, -0.1) is 0 Å². The highest BCUT2D eigenvalue weighted by Gasteiger charge is 1.82. The molecule has 0 rings (SSSR count). The zero-order valence-corrected chi connectivity index (χ0v) is 7.78. The van der Waals surface area contributed by atoms with Crippen molar-refractivity contribution < 1.29 is 0 Å². The van der Waals surface area contributed by atoms with Gasteiger partial charge in [0.1, 0.15) is 0 Å². The van der Waals surface area contributed by atoms with E-state index < -0.39 is 0 Å². The largest absolute Gasteiger partial charge is 0.366 e. The number of hydrogen-bond acceptors (Lipinski definition) is 1. The maximum absolute atomic E-state index is 3.54. The van der Waals surface area contributed by atoms with Crippen molar-refractivity contribution in [2.75, 3.05) is 0 Å². The minimum atomic E-state index is 1.18. The minimum absolute atomic E-state index is 1.18. The summed E-state index contributed by atoms with van der Waals surface area (Å²) in [4.78, 5) is 0. The first kappa shape index (κ1) is 12.0. The maximum Gasteiger partial charge on any atom is 0.0101 e. The van der Waals surface area contributed by atoms with Gasteiger partial charge >= 0.3 is 0 Å². The molecule has 0 aromatic carbocycles. The molecule has 0 aliphatic heterocycles. The zero-order chi connectivity index (χ0) is 8.57. The maximum atomic E-state index is 3.54. The van der Waals surface area contributed by atoms with E-state index in [1.54, 1.807) is 6.20 Å². The van der Waals surface area contributed by atoms with E-state index in [1.165, 1.54) is 11.3 Å². The van der Waals surface area contributed by atoms with Gasteiger partial charge in [-0.1, -0.05) is 26.0 Å². The number of allylic oxidation sites excluding steroid dienone is 2. The minimum Gasteiger partial charge on any atom is -0.366 e. The van der Waals surface area contributed by atoms with Crippen LogP contribution >= 0.6 is 0 Å². The molecule has 0 atom stereocenters. The monoisotopic (exact) mass is 141 g/mol. The summed E-state index contributed by atoms with van der Waals surface area (Å²) in [5.74, 6) is 0. The average molecular weight is 141 g/mol. The number of rotatable bonds is 2.